The number of allylic oxidation sites excluding steroid dienone is 1. The van der Waals surface area contributed by atoms with Crippen LogP contribution in [0.3, 0.4) is 0 Å². The molecule has 6 heteroatoms. The number of carboxylic acid groups (broad SMARTS) is 1. The molecule has 0 aliphatic heterocycles. The van der Waals surface area contributed by atoms with E-state index in [4.69, 9.17) is 39.9 Å². The van der Waals surface area contributed by atoms with Crippen LogP contribution in [-0.2, 0) is 4.74 Å². The van der Waals surface area contributed by atoms with Gasteiger partial charge in [-0.1, -0.05) is 47.0 Å². The van der Waals surface area contributed by atoms with Crippen LogP contribution in [0.4, 0.5) is 4.79 Å². The second kappa shape index (κ2) is 5.51. The van der Waals surface area contributed by atoms with Gasteiger partial charge < -0.3 is 9.84 Å². The lowest BCUT2D eigenvalue weighted by Gasteiger charge is -2.05. The third-order valence-electron chi connectivity index (χ3n) is 0.819. The van der Waals surface area contributed by atoms with Crippen LogP contribution in [0.25, 0.3) is 0 Å². The van der Waals surface area contributed by atoms with Crippen LogP contribution in [-0.4, -0.2) is 21.7 Å². The van der Waals surface area contributed by atoms with Gasteiger partial charge >= 0.3 is 6.16 Å². The van der Waals surface area contributed by atoms with Gasteiger partial charge in [-0.3, -0.25) is 0 Å². The van der Waals surface area contributed by atoms with Crippen molar-refractivity contribution in [2.75, 3.05) is 6.61 Å². The molecule has 0 aromatic rings. The van der Waals surface area contributed by atoms with Crippen LogP contribution in [0.5, 0.6) is 0 Å². The van der Waals surface area contributed by atoms with Gasteiger partial charge in [0.1, 0.15) is 6.61 Å². The van der Waals surface area contributed by atoms with E-state index in [1.807, 2.05) is 0 Å². The number of hydrogen-bond acceptors (Lipinski definition) is 2. The summed E-state index contributed by atoms with van der Waals surface area (Å²) in [5.74, 6) is 0. The average Bonchev–Trinajstić information content (AvgIpc) is 1.83. The summed E-state index contributed by atoms with van der Waals surface area (Å²) in [4.78, 5) is 9.83. The summed E-state index contributed by atoms with van der Waals surface area (Å²) in [6.45, 7) is -0.0317. The van der Waals surface area contributed by atoms with E-state index >= 15 is 0 Å². The highest BCUT2D eigenvalue weighted by molar-refractivity contribution is 6.67. The SMILES string of the molecule is O=C(O)OCC=CCC(Cl)(Cl)Cl. The predicted molar refractivity (Wildman–Crippen MR) is 48.0 cm³/mol. The van der Waals surface area contributed by atoms with Gasteiger partial charge in [0, 0.05) is 6.42 Å². The molecule has 0 saturated carbocycles. The number of carbonyl (C=O) groups is 1. The summed E-state index contributed by atoms with van der Waals surface area (Å²) in [5.41, 5.74) is 0. The number of alkyl halides is 3. The van der Waals surface area contributed by atoms with Crippen LogP contribution in [0.2, 0.25) is 0 Å². The minimum Gasteiger partial charge on any atom is -0.450 e. The number of halogens is 3. The maximum absolute atomic E-state index is 9.83. The lowest BCUT2D eigenvalue weighted by Crippen LogP contribution is -2.01. The fourth-order valence-corrected chi connectivity index (χ4v) is 0.672. The highest BCUT2D eigenvalue weighted by Crippen LogP contribution is 2.30. The zero-order valence-corrected chi connectivity index (χ0v) is 8.23. The maximum atomic E-state index is 9.83. The second-order valence-corrected chi connectivity index (χ2v) is 4.38. The molecule has 3 nitrogen and oxygen atoms in total. The lowest BCUT2D eigenvalue weighted by molar-refractivity contribution is 0.102. The highest BCUT2D eigenvalue weighted by Gasteiger charge is 2.16. The molecular weight excluding hydrogens is 226 g/mol. The first-order valence-electron chi connectivity index (χ1n) is 2.99. The van der Waals surface area contributed by atoms with E-state index in [1.54, 1.807) is 0 Å². The van der Waals surface area contributed by atoms with Gasteiger partial charge in [0.15, 0.2) is 3.79 Å². The van der Waals surface area contributed by atoms with Gasteiger partial charge in [0.05, 0.1) is 0 Å². The molecule has 0 unspecified atom stereocenters. The first kappa shape index (κ1) is 11.9. The number of rotatable bonds is 3. The molecule has 1 N–H and O–H groups in total. The molecule has 0 fully saturated rings. The number of hydrogen-bond donors (Lipinski definition) is 1. The molecule has 0 atom stereocenters. The van der Waals surface area contributed by atoms with Crippen molar-refractivity contribution in [2.24, 2.45) is 0 Å². The Labute approximate surface area is 84.9 Å². The Hall–Kier alpha value is -0.120. The van der Waals surface area contributed by atoms with Gasteiger partial charge in [0.2, 0.25) is 0 Å². The van der Waals surface area contributed by atoms with Gasteiger partial charge in [-0.2, -0.15) is 0 Å². The lowest BCUT2D eigenvalue weighted by atomic mass is 10.4. The van der Waals surface area contributed by atoms with E-state index in [1.165, 1.54) is 12.2 Å². The largest absolute Gasteiger partial charge is 0.506 e. The van der Waals surface area contributed by atoms with Crippen molar-refractivity contribution >= 4 is 41.0 Å². The molecule has 0 heterocycles. The van der Waals surface area contributed by atoms with E-state index in [2.05, 4.69) is 4.74 Å². The van der Waals surface area contributed by atoms with Gasteiger partial charge in [0.25, 0.3) is 0 Å². The predicted octanol–water partition coefficient (Wildman–Crippen LogP) is 3.00. The summed E-state index contributed by atoms with van der Waals surface area (Å²) >= 11 is 16.2. The van der Waals surface area contributed by atoms with Crippen LogP contribution in [0, 0.1) is 0 Å². The Morgan fingerprint density at radius 3 is 2.42 bits per heavy atom. The van der Waals surface area contributed by atoms with Gasteiger partial charge in [-0.15, -0.1) is 0 Å². The molecule has 0 radical (unpaired) electrons. The monoisotopic (exact) mass is 232 g/mol. The summed E-state index contributed by atoms with van der Waals surface area (Å²) in [6.07, 6.45) is 1.90. The molecule has 0 amide bonds. The molecule has 70 valence electrons. The van der Waals surface area contributed by atoms with Gasteiger partial charge in [-0.05, 0) is 0 Å². The molecular formula is C6H7Cl3O3. The molecule has 0 rings (SSSR count). The van der Waals surface area contributed by atoms with E-state index in [9.17, 15) is 4.79 Å². The molecule has 0 aliphatic rings. The molecule has 0 aliphatic carbocycles. The quantitative estimate of drug-likeness (QED) is 0.463. The van der Waals surface area contributed by atoms with E-state index in [0.717, 1.165) is 0 Å². The summed E-state index contributed by atoms with van der Waals surface area (Å²) in [7, 11) is 0. The van der Waals surface area contributed by atoms with Crippen LogP contribution in [0.1, 0.15) is 6.42 Å². The summed E-state index contributed by atoms with van der Waals surface area (Å²) in [5, 5.41) is 8.04. The molecule has 0 bridgehead atoms. The third kappa shape index (κ3) is 9.88. The minimum atomic E-state index is -1.33. The molecule has 0 aromatic heterocycles. The first-order valence-corrected chi connectivity index (χ1v) is 4.12. The zero-order valence-electron chi connectivity index (χ0n) is 5.97. The van der Waals surface area contributed by atoms with Crippen molar-refractivity contribution in [3.63, 3.8) is 0 Å². The van der Waals surface area contributed by atoms with Crippen molar-refractivity contribution in [3.05, 3.63) is 12.2 Å². The fourth-order valence-electron chi connectivity index (χ4n) is 0.404. The molecule has 0 saturated heterocycles. The Balaban J connectivity index is 3.45. The van der Waals surface area contributed by atoms with Gasteiger partial charge in [-0.25, -0.2) is 4.79 Å². The standard InChI is InChI=1S/C6H7Cl3O3/c7-6(8,9)3-1-2-4-12-5(10)11/h1-2H,3-4H2,(H,10,11). The van der Waals surface area contributed by atoms with Crippen LogP contribution < -0.4 is 0 Å². The minimum absolute atomic E-state index is 0.0317. The Morgan fingerprint density at radius 2 is 2.00 bits per heavy atom. The highest BCUT2D eigenvalue weighted by atomic mass is 35.6. The third-order valence-corrected chi connectivity index (χ3v) is 1.28. The van der Waals surface area contributed by atoms with Crippen molar-refractivity contribution in [1.29, 1.82) is 0 Å². The molecule has 12 heavy (non-hydrogen) atoms. The molecule has 0 spiro atoms. The average molecular weight is 233 g/mol. The summed E-state index contributed by atoms with van der Waals surface area (Å²) in [6, 6.07) is 0. The topological polar surface area (TPSA) is 46.5 Å². The van der Waals surface area contributed by atoms with E-state index in [-0.39, 0.29) is 13.0 Å². The van der Waals surface area contributed by atoms with Crippen molar-refractivity contribution in [3.8, 4) is 0 Å². The van der Waals surface area contributed by atoms with Crippen molar-refractivity contribution < 1.29 is 14.6 Å². The number of ether oxygens (including phenoxy) is 1. The van der Waals surface area contributed by atoms with Crippen molar-refractivity contribution in [1.82, 2.24) is 0 Å². The van der Waals surface area contributed by atoms with Crippen LogP contribution in [0.15, 0.2) is 12.2 Å². The Bertz CT molecular complexity index is 173. The van der Waals surface area contributed by atoms with Crippen LogP contribution >= 0.6 is 34.8 Å². The van der Waals surface area contributed by atoms with E-state index in [0.29, 0.717) is 0 Å². The van der Waals surface area contributed by atoms with E-state index < -0.39 is 9.95 Å². The summed E-state index contributed by atoms with van der Waals surface area (Å²) < 4.78 is 2.82. The van der Waals surface area contributed by atoms with Crippen molar-refractivity contribution in [2.45, 2.75) is 10.2 Å². The zero-order chi connectivity index (χ0) is 9.61. The molecule has 0 aromatic carbocycles. The normalized spacial score (nSPS) is 11.9. The first-order chi connectivity index (χ1) is 5.42. The Kier molecular flexibility index (Phi) is 5.46. The fraction of sp³-hybridized carbons (Fsp3) is 0.500. The smallest absolute Gasteiger partial charge is 0.450 e. The maximum Gasteiger partial charge on any atom is 0.506 e. The second-order valence-electron chi connectivity index (χ2n) is 1.87. The Morgan fingerprint density at radius 1 is 1.42 bits per heavy atom.